The highest BCUT2D eigenvalue weighted by atomic mass is 16.3. The molecule has 2 saturated carbocycles. The van der Waals surface area contributed by atoms with Crippen molar-refractivity contribution >= 4 is 0 Å². The molecule has 2 aliphatic rings. The second-order valence-electron chi connectivity index (χ2n) is 4.54. The van der Waals surface area contributed by atoms with E-state index in [9.17, 15) is 5.11 Å². The third-order valence-electron chi connectivity index (χ3n) is 3.38. The standard InChI is InChI=1S/C10H19NO2/c12-7-10(5-6-10)11-8-3-1-2-4-9(8)13/h8-9,11-13H,1-7H2/t8-,9-/m1/s1. The van der Waals surface area contributed by atoms with Crippen LogP contribution in [0.5, 0.6) is 0 Å². The SMILES string of the molecule is OCC1(N[C@@H]2CCCC[C@H]2O)CC1. The molecule has 0 aromatic carbocycles. The molecule has 0 aromatic rings. The Balaban J connectivity index is 1.85. The Hall–Kier alpha value is -0.120. The van der Waals surface area contributed by atoms with Gasteiger partial charge in [-0.3, -0.25) is 0 Å². The average molecular weight is 185 g/mol. The van der Waals surface area contributed by atoms with Crippen molar-refractivity contribution in [3.63, 3.8) is 0 Å². The van der Waals surface area contributed by atoms with Gasteiger partial charge in [0.25, 0.3) is 0 Å². The lowest BCUT2D eigenvalue weighted by atomic mass is 9.92. The van der Waals surface area contributed by atoms with Gasteiger partial charge in [-0.05, 0) is 25.7 Å². The molecule has 2 fully saturated rings. The Labute approximate surface area is 79.2 Å². The van der Waals surface area contributed by atoms with E-state index < -0.39 is 0 Å². The highest BCUT2D eigenvalue weighted by Crippen LogP contribution is 2.36. The zero-order valence-corrected chi connectivity index (χ0v) is 8.00. The lowest BCUT2D eigenvalue weighted by Gasteiger charge is -2.31. The molecule has 0 aromatic heterocycles. The summed E-state index contributed by atoms with van der Waals surface area (Å²) in [6.07, 6.45) is 6.25. The van der Waals surface area contributed by atoms with Crippen LogP contribution < -0.4 is 5.32 Å². The van der Waals surface area contributed by atoms with Crippen molar-refractivity contribution in [3.05, 3.63) is 0 Å². The molecule has 76 valence electrons. The highest BCUT2D eigenvalue weighted by molar-refractivity contribution is 5.04. The number of nitrogens with one attached hydrogen (secondary N) is 1. The summed E-state index contributed by atoms with van der Waals surface area (Å²) < 4.78 is 0. The van der Waals surface area contributed by atoms with Crippen LogP contribution >= 0.6 is 0 Å². The van der Waals surface area contributed by atoms with Gasteiger partial charge in [0.1, 0.15) is 0 Å². The van der Waals surface area contributed by atoms with Crippen molar-refractivity contribution in [2.75, 3.05) is 6.61 Å². The van der Waals surface area contributed by atoms with E-state index in [-0.39, 0.29) is 24.3 Å². The van der Waals surface area contributed by atoms with Crippen LogP contribution in [0.15, 0.2) is 0 Å². The van der Waals surface area contributed by atoms with Gasteiger partial charge in [-0.15, -0.1) is 0 Å². The molecule has 3 N–H and O–H groups in total. The van der Waals surface area contributed by atoms with E-state index in [2.05, 4.69) is 5.32 Å². The molecular weight excluding hydrogens is 166 g/mol. The second-order valence-corrected chi connectivity index (χ2v) is 4.54. The van der Waals surface area contributed by atoms with E-state index in [0.717, 1.165) is 32.1 Å². The Morgan fingerprint density at radius 3 is 2.46 bits per heavy atom. The minimum absolute atomic E-state index is 0.0248. The molecule has 3 nitrogen and oxygen atoms in total. The number of aliphatic hydroxyl groups excluding tert-OH is 2. The predicted molar refractivity (Wildman–Crippen MR) is 50.4 cm³/mol. The minimum Gasteiger partial charge on any atom is -0.394 e. The van der Waals surface area contributed by atoms with Gasteiger partial charge in [-0.2, -0.15) is 0 Å². The zero-order chi connectivity index (χ0) is 9.31. The lowest BCUT2D eigenvalue weighted by molar-refractivity contribution is 0.0750. The topological polar surface area (TPSA) is 52.5 Å². The van der Waals surface area contributed by atoms with Crippen LogP contribution in [0, 0.1) is 0 Å². The summed E-state index contributed by atoms with van der Waals surface area (Å²) in [6, 6.07) is 0.225. The number of hydrogen-bond acceptors (Lipinski definition) is 3. The van der Waals surface area contributed by atoms with Crippen molar-refractivity contribution in [1.29, 1.82) is 0 Å². The van der Waals surface area contributed by atoms with Crippen molar-refractivity contribution < 1.29 is 10.2 Å². The minimum atomic E-state index is -0.197. The summed E-state index contributed by atoms with van der Waals surface area (Å²) in [7, 11) is 0. The Morgan fingerprint density at radius 2 is 1.92 bits per heavy atom. The lowest BCUT2D eigenvalue weighted by Crippen LogP contribution is -2.49. The number of aliphatic hydroxyl groups is 2. The van der Waals surface area contributed by atoms with Crippen molar-refractivity contribution in [3.8, 4) is 0 Å². The molecule has 0 spiro atoms. The molecule has 0 bridgehead atoms. The van der Waals surface area contributed by atoms with E-state index in [4.69, 9.17) is 5.11 Å². The van der Waals surface area contributed by atoms with Gasteiger partial charge in [0, 0.05) is 11.6 Å². The first-order chi connectivity index (χ1) is 6.26. The molecule has 0 heterocycles. The van der Waals surface area contributed by atoms with Crippen molar-refractivity contribution in [2.45, 2.75) is 56.2 Å². The summed E-state index contributed by atoms with van der Waals surface area (Å²) in [6.45, 7) is 0.218. The van der Waals surface area contributed by atoms with Crippen molar-refractivity contribution in [1.82, 2.24) is 5.32 Å². The maximum Gasteiger partial charge on any atom is 0.0693 e. The van der Waals surface area contributed by atoms with Crippen LogP contribution in [-0.2, 0) is 0 Å². The van der Waals surface area contributed by atoms with Gasteiger partial charge >= 0.3 is 0 Å². The first kappa shape index (κ1) is 9.44. The van der Waals surface area contributed by atoms with Crippen molar-refractivity contribution in [2.24, 2.45) is 0 Å². The van der Waals surface area contributed by atoms with Crippen LogP contribution in [0.4, 0.5) is 0 Å². The maximum atomic E-state index is 9.71. The second kappa shape index (κ2) is 3.56. The molecule has 0 unspecified atom stereocenters. The quantitative estimate of drug-likeness (QED) is 0.596. The van der Waals surface area contributed by atoms with Crippen LogP contribution in [0.3, 0.4) is 0 Å². The van der Waals surface area contributed by atoms with Crippen LogP contribution in [0.25, 0.3) is 0 Å². The fraction of sp³-hybridized carbons (Fsp3) is 1.00. The Morgan fingerprint density at radius 1 is 1.23 bits per heavy atom. The molecule has 0 aliphatic heterocycles. The third kappa shape index (κ3) is 2.03. The smallest absolute Gasteiger partial charge is 0.0693 e. The van der Waals surface area contributed by atoms with E-state index in [0.29, 0.717) is 0 Å². The largest absolute Gasteiger partial charge is 0.394 e. The number of hydrogen-bond donors (Lipinski definition) is 3. The molecule has 0 amide bonds. The van der Waals surface area contributed by atoms with Crippen LogP contribution in [-0.4, -0.2) is 34.5 Å². The monoisotopic (exact) mass is 185 g/mol. The fourth-order valence-electron chi connectivity index (χ4n) is 2.17. The molecule has 3 heteroatoms. The molecule has 0 radical (unpaired) electrons. The molecular formula is C10H19NO2. The third-order valence-corrected chi connectivity index (χ3v) is 3.38. The maximum absolute atomic E-state index is 9.71. The molecule has 0 saturated heterocycles. The van der Waals surface area contributed by atoms with E-state index >= 15 is 0 Å². The zero-order valence-electron chi connectivity index (χ0n) is 8.00. The van der Waals surface area contributed by atoms with Crippen LogP contribution in [0.1, 0.15) is 38.5 Å². The van der Waals surface area contributed by atoms with Gasteiger partial charge in [0.2, 0.25) is 0 Å². The molecule has 13 heavy (non-hydrogen) atoms. The molecule has 2 aliphatic carbocycles. The van der Waals surface area contributed by atoms with E-state index in [1.54, 1.807) is 0 Å². The van der Waals surface area contributed by atoms with Gasteiger partial charge < -0.3 is 15.5 Å². The Kier molecular flexibility index (Phi) is 2.58. The van der Waals surface area contributed by atoms with Gasteiger partial charge in [0.15, 0.2) is 0 Å². The highest BCUT2D eigenvalue weighted by Gasteiger charge is 2.44. The summed E-state index contributed by atoms with van der Waals surface area (Å²) in [5.74, 6) is 0. The average Bonchev–Trinajstić information content (AvgIpc) is 2.90. The summed E-state index contributed by atoms with van der Waals surface area (Å²) in [5, 5.41) is 22.2. The van der Waals surface area contributed by atoms with E-state index in [1.807, 2.05) is 0 Å². The van der Waals surface area contributed by atoms with E-state index in [1.165, 1.54) is 6.42 Å². The first-order valence-electron chi connectivity index (χ1n) is 5.32. The Bertz CT molecular complexity index is 180. The van der Waals surface area contributed by atoms with Crippen LogP contribution in [0.2, 0.25) is 0 Å². The fourth-order valence-corrected chi connectivity index (χ4v) is 2.17. The normalized spacial score (nSPS) is 37.4. The number of rotatable bonds is 3. The summed E-state index contributed by atoms with van der Waals surface area (Å²) >= 11 is 0. The van der Waals surface area contributed by atoms with Gasteiger partial charge in [0.05, 0.1) is 12.7 Å². The first-order valence-corrected chi connectivity index (χ1v) is 5.32. The summed E-state index contributed by atoms with van der Waals surface area (Å²) in [4.78, 5) is 0. The van der Waals surface area contributed by atoms with Gasteiger partial charge in [-0.1, -0.05) is 12.8 Å². The molecule has 2 atom stereocenters. The molecule has 2 rings (SSSR count). The van der Waals surface area contributed by atoms with Gasteiger partial charge in [-0.25, -0.2) is 0 Å². The predicted octanol–water partition coefficient (Wildman–Crippen LogP) is 0.404. The summed E-state index contributed by atoms with van der Waals surface area (Å²) in [5.41, 5.74) is -0.0248.